The molecule has 0 amide bonds. The van der Waals surface area contributed by atoms with E-state index in [2.05, 4.69) is 32.2 Å². The third kappa shape index (κ3) is 13.7. The molecule has 1 fully saturated rings. The molecule has 1 unspecified atom stereocenters. The van der Waals surface area contributed by atoms with Gasteiger partial charge in [-0.15, -0.1) is 0 Å². The van der Waals surface area contributed by atoms with Gasteiger partial charge in [-0.2, -0.15) is 0 Å². The molecule has 0 radical (unpaired) electrons. The fraction of sp³-hybridized carbons (Fsp3) is 0.569. The maximum absolute atomic E-state index is 16.4. The molecule has 2 aliphatic rings. The van der Waals surface area contributed by atoms with E-state index in [9.17, 15) is 19.8 Å². The van der Waals surface area contributed by atoms with Crippen LogP contribution in [0.4, 0.5) is 8.78 Å². The molecule has 0 aliphatic heterocycles. The summed E-state index contributed by atoms with van der Waals surface area (Å²) in [6, 6.07) is 6.93. The third-order valence-electron chi connectivity index (χ3n) is 12.4. The second kappa shape index (κ2) is 24.4. The Balaban J connectivity index is 1.62. The number of benzene rings is 2. The first-order valence-corrected chi connectivity index (χ1v) is 22.4. The van der Waals surface area contributed by atoms with E-state index in [1.807, 2.05) is 13.0 Å². The van der Waals surface area contributed by atoms with Crippen LogP contribution in [0.1, 0.15) is 140 Å². The molecule has 7 nitrogen and oxygen atoms in total. The predicted octanol–water partition coefficient (Wildman–Crippen LogP) is 11.6. The van der Waals surface area contributed by atoms with Gasteiger partial charge in [0, 0.05) is 28.0 Å². The van der Waals surface area contributed by atoms with E-state index in [0.29, 0.717) is 78.9 Å². The van der Waals surface area contributed by atoms with Gasteiger partial charge in [-0.05, 0) is 136 Å². The zero-order valence-electron chi connectivity index (χ0n) is 36.7. The fourth-order valence-corrected chi connectivity index (χ4v) is 8.67. The Morgan fingerprint density at radius 3 is 1.93 bits per heavy atom. The molecule has 4 rings (SSSR count). The topological polar surface area (TPSA) is 102 Å². The number of carbonyl (C=O) groups is 2. The molecule has 0 saturated heterocycles. The number of aliphatic hydroxyl groups excluding tert-OH is 2. The van der Waals surface area contributed by atoms with Crippen molar-refractivity contribution < 1.29 is 42.8 Å². The van der Waals surface area contributed by atoms with Crippen molar-refractivity contribution in [3.8, 4) is 16.9 Å². The summed E-state index contributed by atoms with van der Waals surface area (Å²) >= 11 is 0. The Labute approximate surface area is 358 Å². The van der Waals surface area contributed by atoms with Crippen LogP contribution in [0.5, 0.6) is 5.75 Å². The van der Waals surface area contributed by atoms with Crippen LogP contribution in [0.2, 0.25) is 0 Å². The van der Waals surface area contributed by atoms with E-state index in [1.165, 1.54) is 56.9 Å². The molecule has 2 aromatic carbocycles. The summed E-state index contributed by atoms with van der Waals surface area (Å²) in [5.74, 6) is -1.17. The van der Waals surface area contributed by atoms with Crippen LogP contribution in [-0.2, 0) is 31.9 Å². The van der Waals surface area contributed by atoms with Crippen LogP contribution in [0.25, 0.3) is 11.1 Å². The average Bonchev–Trinajstić information content (AvgIpc) is 3.25. The highest BCUT2D eigenvalue weighted by atomic mass is 19.2. The fourth-order valence-electron chi connectivity index (χ4n) is 8.67. The van der Waals surface area contributed by atoms with E-state index >= 15 is 8.78 Å². The molecule has 0 heterocycles. The number of halogens is 2. The number of aliphatic hydroxyl groups is 2. The number of ether oxygens (including phenoxy) is 3. The normalized spacial score (nSPS) is 17.9. The standard InChI is InChI=1S/C51H70F2O7/c1-7-9-10-13-37-16-18-38(19-17-37)39-20-22-40(23-21-39)44-24-25-45(47(53)46(44)52)43-31-41(14-11-28-59-49(56)35(3)4)48(58-30-27-51(33-54,34-55)26-8-2)42(32-43)15-12-29-60-50(57)36(5)6/h20-22,24-25,31-32,37-38,40,54-55H,3,5,7-19,23,26-30,33-34H2,1-2,4,6H3. The summed E-state index contributed by atoms with van der Waals surface area (Å²) in [6.45, 7) is 14.7. The van der Waals surface area contributed by atoms with Crippen LogP contribution in [-0.4, -0.2) is 55.2 Å². The number of allylic oxidation sites excluding steroid dienone is 4. The summed E-state index contributed by atoms with van der Waals surface area (Å²) < 4.78 is 49.8. The minimum absolute atomic E-state index is 0.110. The largest absolute Gasteiger partial charge is 0.493 e. The lowest BCUT2D eigenvalue weighted by Crippen LogP contribution is -2.31. The Hall–Kier alpha value is -4.08. The molecule has 2 N–H and O–H groups in total. The Kier molecular flexibility index (Phi) is 19.7. The van der Waals surface area contributed by atoms with Gasteiger partial charge in [-0.1, -0.05) is 89.5 Å². The van der Waals surface area contributed by atoms with Gasteiger partial charge in [0.05, 0.1) is 33.0 Å². The van der Waals surface area contributed by atoms with Crippen molar-refractivity contribution in [3.63, 3.8) is 0 Å². The van der Waals surface area contributed by atoms with Crippen molar-refractivity contribution in [2.24, 2.45) is 17.3 Å². The van der Waals surface area contributed by atoms with Crippen molar-refractivity contribution in [2.75, 3.05) is 33.0 Å². The SMILES string of the molecule is C=C(C)C(=O)OCCCc1cc(-c2ccc(C3C=CC(C4CCC(CCCCC)CC4)=CC3)c(F)c2F)cc(CCCOC(=O)C(=C)C)c1OCCC(CO)(CO)CCC. The number of rotatable bonds is 25. The molecule has 1 saturated carbocycles. The van der Waals surface area contributed by atoms with Gasteiger partial charge in [0.25, 0.3) is 0 Å². The zero-order chi connectivity index (χ0) is 43.7. The van der Waals surface area contributed by atoms with E-state index in [0.717, 1.165) is 12.3 Å². The first kappa shape index (κ1) is 48.6. The van der Waals surface area contributed by atoms with Gasteiger partial charge in [0.15, 0.2) is 11.6 Å². The van der Waals surface area contributed by atoms with Crippen molar-refractivity contribution in [2.45, 2.75) is 136 Å². The molecule has 2 aliphatic carbocycles. The van der Waals surface area contributed by atoms with Crippen LogP contribution in [0, 0.1) is 28.9 Å². The lowest BCUT2D eigenvalue weighted by atomic mass is 9.75. The summed E-state index contributed by atoms with van der Waals surface area (Å²) in [5.41, 5.74) is 3.49. The van der Waals surface area contributed by atoms with Gasteiger partial charge in [0.2, 0.25) is 0 Å². The number of unbranched alkanes of at least 4 members (excludes halogenated alkanes) is 2. The molecule has 2 aromatic rings. The number of hydrogen-bond donors (Lipinski definition) is 2. The monoisotopic (exact) mass is 833 g/mol. The predicted molar refractivity (Wildman–Crippen MR) is 236 cm³/mol. The summed E-state index contributed by atoms with van der Waals surface area (Å²) in [4.78, 5) is 24.3. The zero-order valence-corrected chi connectivity index (χ0v) is 36.7. The van der Waals surface area contributed by atoms with E-state index in [1.54, 1.807) is 38.1 Å². The average molecular weight is 833 g/mol. The van der Waals surface area contributed by atoms with Gasteiger partial charge in [-0.25, -0.2) is 18.4 Å². The van der Waals surface area contributed by atoms with Gasteiger partial charge in [0.1, 0.15) is 5.75 Å². The third-order valence-corrected chi connectivity index (χ3v) is 12.4. The maximum atomic E-state index is 16.4. The highest BCUT2D eigenvalue weighted by Gasteiger charge is 2.29. The first-order valence-electron chi connectivity index (χ1n) is 22.4. The molecule has 60 heavy (non-hydrogen) atoms. The van der Waals surface area contributed by atoms with E-state index in [-0.39, 0.29) is 55.7 Å². The minimum atomic E-state index is -0.927. The van der Waals surface area contributed by atoms with Crippen LogP contribution in [0.3, 0.4) is 0 Å². The smallest absolute Gasteiger partial charge is 0.333 e. The quantitative estimate of drug-likeness (QED) is 0.0583. The highest BCUT2D eigenvalue weighted by molar-refractivity contribution is 5.87. The molecule has 0 aromatic heterocycles. The van der Waals surface area contributed by atoms with Gasteiger partial charge < -0.3 is 24.4 Å². The van der Waals surface area contributed by atoms with E-state index in [4.69, 9.17) is 14.2 Å². The second-order valence-electron chi connectivity index (χ2n) is 17.3. The van der Waals surface area contributed by atoms with Crippen LogP contribution in [0.15, 0.2) is 72.4 Å². The molecule has 0 bridgehead atoms. The number of hydrogen-bond acceptors (Lipinski definition) is 7. The molecular weight excluding hydrogens is 763 g/mol. The molecule has 1 atom stereocenters. The lowest BCUT2D eigenvalue weighted by Gasteiger charge is -2.31. The lowest BCUT2D eigenvalue weighted by molar-refractivity contribution is -0.139. The molecular formula is C51H70F2O7. The maximum Gasteiger partial charge on any atom is 0.333 e. The van der Waals surface area contributed by atoms with Crippen LogP contribution >= 0.6 is 0 Å². The molecule has 0 spiro atoms. The molecule has 9 heteroatoms. The number of carbonyl (C=O) groups excluding carboxylic acids is 2. The first-order chi connectivity index (χ1) is 28.9. The Morgan fingerprint density at radius 2 is 1.42 bits per heavy atom. The van der Waals surface area contributed by atoms with E-state index < -0.39 is 29.0 Å². The Morgan fingerprint density at radius 1 is 0.800 bits per heavy atom. The van der Waals surface area contributed by atoms with Gasteiger partial charge in [-0.3, -0.25) is 0 Å². The summed E-state index contributed by atoms with van der Waals surface area (Å²) in [5, 5.41) is 20.4. The minimum Gasteiger partial charge on any atom is -0.493 e. The number of esters is 2. The van der Waals surface area contributed by atoms with Crippen molar-refractivity contribution in [3.05, 3.63) is 101 Å². The second-order valence-corrected chi connectivity index (χ2v) is 17.3. The molecule has 330 valence electrons. The summed E-state index contributed by atoms with van der Waals surface area (Å²) in [7, 11) is 0. The highest BCUT2D eigenvalue weighted by Crippen LogP contribution is 2.41. The van der Waals surface area contributed by atoms with Gasteiger partial charge >= 0.3 is 11.9 Å². The number of aryl methyl sites for hydroxylation is 2. The Bertz CT molecular complexity index is 1760. The van der Waals surface area contributed by atoms with Crippen molar-refractivity contribution in [1.82, 2.24) is 0 Å². The van der Waals surface area contributed by atoms with Crippen LogP contribution < -0.4 is 4.74 Å². The van der Waals surface area contributed by atoms with Crippen molar-refractivity contribution in [1.29, 1.82) is 0 Å². The summed E-state index contributed by atoms with van der Waals surface area (Å²) in [6.07, 6.45) is 20.5. The van der Waals surface area contributed by atoms with Crippen molar-refractivity contribution >= 4 is 11.9 Å².